The summed E-state index contributed by atoms with van der Waals surface area (Å²) in [5, 5.41) is 121. The highest BCUT2D eigenvalue weighted by molar-refractivity contribution is 5.76. The molecular weight excluding hydrogens is 836 g/mol. The Morgan fingerprint density at radius 3 is 2.06 bits per heavy atom. The lowest BCUT2D eigenvalue weighted by Gasteiger charge is -2.71. The van der Waals surface area contributed by atoms with E-state index in [4.69, 9.17) is 23.7 Å². The number of rotatable bonds is 8. The van der Waals surface area contributed by atoms with Crippen molar-refractivity contribution in [2.45, 2.75) is 204 Å². The molecule has 0 aromatic rings. The summed E-state index contributed by atoms with van der Waals surface area (Å²) in [4.78, 5) is 13.2. The lowest BCUT2D eigenvalue weighted by Crippen LogP contribution is -2.78. The number of carbonyl (C=O) groups is 1. The van der Waals surface area contributed by atoms with Crippen LogP contribution in [0.5, 0.6) is 0 Å². The monoisotopic (exact) mass is 913 g/mol. The predicted octanol–water partition coefficient (Wildman–Crippen LogP) is 0.734. The van der Waals surface area contributed by atoms with Gasteiger partial charge in [0.2, 0.25) is 0 Å². The number of aliphatic carboxylic acids is 1. The van der Waals surface area contributed by atoms with Gasteiger partial charge in [0.25, 0.3) is 0 Å². The summed E-state index contributed by atoms with van der Waals surface area (Å²) >= 11 is 0. The van der Waals surface area contributed by atoms with Crippen LogP contribution in [-0.4, -0.2) is 173 Å². The molecule has 5 aliphatic carbocycles. The third kappa shape index (κ3) is 7.06. The number of carboxylic acid groups (broad SMARTS) is 1. The van der Waals surface area contributed by atoms with E-state index < -0.39 is 128 Å². The van der Waals surface area contributed by atoms with Crippen LogP contribution in [0.3, 0.4) is 0 Å². The van der Waals surface area contributed by atoms with Gasteiger partial charge in [-0.1, -0.05) is 60.1 Å². The molecule has 0 radical (unpaired) electrons. The van der Waals surface area contributed by atoms with Gasteiger partial charge in [0, 0.05) is 0 Å². The molecule has 17 nitrogen and oxygen atoms in total. The van der Waals surface area contributed by atoms with E-state index in [2.05, 4.69) is 54.5 Å². The summed E-state index contributed by atoms with van der Waals surface area (Å²) in [5.41, 5.74) is -3.30. The van der Waals surface area contributed by atoms with Crippen LogP contribution in [0.1, 0.15) is 113 Å². The second-order valence-electron chi connectivity index (χ2n) is 23.3. The number of aliphatic hydroxyl groups excluding tert-OH is 9. The zero-order valence-electron chi connectivity index (χ0n) is 38.5. The maximum absolute atomic E-state index is 13.2. The van der Waals surface area contributed by atoms with Gasteiger partial charge in [-0.25, -0.2) is 0 Å². The van der Waals surface area contributed by atoms with Crippen LogP contribution in [0.4, 0.5) is 0 Å². The maximum Gasteiger partial charge on any atom is 0.310 e. The summed E-state index contributed by atoms with van der Waals surface area (Å²) in [6.07, 6.45) is -14.2. The highest BCUT2D eigenvalue weighted by Gasteiger charge is 2.71. The fourth-order valence-corrected chi connectivity index (χ4v) is 15.3. The normalized spacial score (nSPS) is 54.6. The largest absolute Gasteiger partial charge is 0.481 e. The Labute approximate surface area is 375 Å². The van der Waals surface area contributed by atoms with Gasteiger partial charge in [0.05, 0.1) is 31.3 Å². The van der Waals surface area contributed by atoms with Gasteiger partial charge in [-0.2, -0.15) is 0 Å². The Bertz CT molecular complexity index is 1770. The Kier molecular flexibility index (Phi) is 12.8. The van der Waals surface area contributed by atoms with Crippen molar-refractivity contribution in [3.63, 3.8) is 0 Å². The standard InChI is InChI=1S/C47H76O17/c1-41(2)14-16-46(40(57)58)17-15-44(6)22(23(46)18-41)8-9-28-43(5)12-11-29(42(3,4)27(43)10-13-45(28,44)7)63-39-37(64-38-34(55)30(51)24(50)21-60-38)47(59,35(56)26(20-49)62-39)36-33(54)32(53)31(52)25(19-48)61-36/h8,23-39,48-56,59H,9-21H2,1-7H3,(H,57,58)/t23-,24+,25+,26+,27-,28+,29-,30-,31+,32-,33+,34+,35+,36+,37-,38-,39-,43-,44+,45+,46-,47+/m0/s1. The molecular formula is C47H76O17. The minimum absolute atomic E-state index is 0.0154. The molecule has 8 aliphatic rings. The van der Waals surface area contributed by atoms with E-state index in [1.165, 1.54) is 5.57 Å². The Hall–Kier alpha value is -1.39. The third-order valence-electron chi connectivity index (χ3n) is 19.4. The summed E-state index contributed by atoms with van der Waals surface area (Å²) < 4.78 is 30.8. The first kappa shape index (κ1) is 49.0. The van der Waals surface area contributed by atoms with Crippen molar-refractivity contribution in [2.75, 3.05) is 19.8 Å². The highest BCUT2D eigenvalue weighted by atomic mass is 16.8. The molecule has 3 aliphatic heterocycles. The van der Waals surface area contributed by atoms with Gasteiger partial charge < -0.3 is 79.9 Å². The summed E-state index contributed by atoms with van der Waals surface area (Å²) in [7, 11) is 0. The number of ether oxygens (including phenoxy) is 5. The lowest BCUT2D eigenvalue weighted by molar-refractivity contribution is -0.413. The molecule has 22 atom stereocenters. The van der Waals surface area contributed by atoms with Crippen LogP contribution in [-0.2, 0) is 28.5 Å². The number of fused-ring (bicyclic) bond motifs is 7. The van der Waals surface area contributed by atoms with Crippen molar-refractivity contribution in [2.24, 2.45) is 50.2 Å². The van der Waals surface area contributed by atoms with Gasteiger partial charge in [-0.15, -0.1) is 0 Å². The first-order chi connectivity index (χ1) is 29.8. The molecule has 3 heterocycles. The third-order valence-corrected chi connectivity index (χ3v) is 19.4. The molecule has 4 saturated carbocycles. The van der Waals surface area contributed by atoms with E-state index >= 15 is 0 Å². The minimum Gasteiger partial charge on any atom is -0.481 e. The van der Waals surface area contributed by atoms with Gasteiger partial charge in [-0.3, -0.25) is 4.79 Å². The van der Waals surface area contributed by atoms with Crippen LogP contribution in [0.15, 0.2) is 11.6 Å². The van der Waals surface area contributed by atoms with Crippen molar-refractivity contribution in [3.05, 3.63) is 11.6 Å². The van der Waals surface area contributed by atoms with Crippen LogP contribution < -0.4 is 0 Å². The van der Waals surface area contributed by atoms with Crippen LogP contribution >= 0.6 is 0 Å². The molecule has 11 N–H and O–H groups in total. The molecule has 17 heteroatoms. The average Bonchev–Trinajstić information content (AvgIpc) is 3.23. The first-order valence-electron chi connectivity index (χ1n) is 23.7. The minimum atomic E-state index is -2.87. The molecule has 0 spiro atoms. The van der Waals surface area contributed by atoms with E-state index in [9.17, 15) is 61.0 Å². The Balaban J connectivity index is 1.12. The number of aliphatic hydroxyl groups is 10. The SMILES string of the molecule is CC1(C)CC[C@]2(C(=O)O)CC[C@]3(C)C(=CC[C@@H]4[C@@]5(C)CC[C@H](O[C@@H]6O[C@H](CO)[C@@H](O)[C@@](O)([C@@H]7O[C@H](CO)[C@@H](O)[C@H](O)[C@H]7O)[C@H]6O[C@@H]6OC[C@@H](O)[C@H](O)[C@H]6O)C(C)(C)[C@@H]5CC[C@]43C)[C@@H]2C1. The predicted molar refractivity (Wildman–Crippen MR) is 225 cm³/mol. The summed E-state index contributed by atoms with van der Waals surface area (Å²) in [6, 6.07) is 0. The van der Waals surface area contributed by atoms with Crippen molar-refractivity contribution in [1.29, 1.82) is 0 Å². The Morgan fingerprint density at radius 2 is 1.41 bits per heavy atom. The summed E-state index contributed by atoms with van der Waals surface area (Å²) in [5.74, 6) is -0.324. The first-order valence-corrected chi connectivity index (χ1v) is 23.7. The maximum atomic E-state index is 13.2. The molecule has 7 fully saturated rings. The van der Waals surface area contributed by atoms with Gasteiger partial charge in [-0.05, 0) is 109 Å². The smallest absolute Gasteiger partial charge is 0.310 e. The second-order valence-corrected chi connectivity index (χ2v) is 23.3. The topological polar surface area (TPSA) is 286 Å². The van der Waals surface area contributed by atoms with E-state index in [-0.39, 0.29) is 39.4 Å². The quantitative estimate of drug-likeness (QED) is 0.118. The molecule has 0 unspecified atom stereocenters. The summed E-state index contributed by atoms with van der Waals surface area (Å²) in [6.45, 7) is 13.8. The lowest BCUT2D eigenvalue weighted by atomic mass is 9.33. The number of hydrogen-bond donors (Lipinski definition) is 11. The van der Waals surface area contributed by atoms with Crippen molar-refractivity contribution >= 4 is 5.97 Å². The molecule has 0 aromatic heterocycles. The van der Waals surface area contributed by atoms with Gasteiger partial charge >= 0.3 is 5.97 Å². The van der Waals surface area contributed by atoms with E-state index in [1.54, 1.807) is 0 Å². The van der Waals surface area contributed by atoms with Crippen LogP contribution in [0.2, 0.25) is 0 Å². The fourth-order valence-electron chi connectivity index (χ4n) is 15.3. The van der Waals surface area contributed by atoms with Gasteiger partial charge in [0.1, 0.15) is 67.1 Å². The highest BCUT2D eigenvalue weighted by Crippen LogP contribution is 2.76. The molecule has 0 bridgehead atoms. The molecule has 8 rings (SSSR count). The molecule has 0 aromatic carbocycles. The molecule has 366 valence electrons. The van der Waals surface area contributed by atoms with Crippen LogP contribution in [0, 0.1) is 50.2 Å². The number of hydrogen-bond acceptors (Lipinski definition) is 16. The van der Waals surface area contributed by atoms with E-state index in [0.717, 1.165) is 44.9 Å². The molecule has 64 heavy (non-hydrogen) atoms. The van der Waals surface area contributed by atoms with Gasteiger partial charge in [0.15, 0.2) is 18.2 Å². The van der Waals surface area contributed by atoms with Crippen molar-refractivity contribution < 1.29 is 84.7 Å². The molecule has 3 saturated heterocycles. The second kappa shape index (κ2) is 16.6. The molecule has 0 amide bonds. The zero-order chi connectivity index (χ0) is 46.9. The van der Waals surface area contributed by atoms with E-state index in [0.29, 0.717) is 19.3 Å². The number of allylic oxidation sites excluding steroid dienone is 2. The zero-order valence-corrected chi connectivity index (χ0v) is 38.5. The fraction of sp³-hybridized carbons (Fsp3) is 0.936. The number of carboxylic acids is 1. The Morgan fingerprint density at radius 1 is 0.734 bits per heavy atom. The average molecular weight is 913 g/mol. The van der Waals surface area contributed by atoms with Crippen LogP contribution in [0.25, 0.3) is 0 Å². The van der Waals surface area contributed by atoms with Crippen molar-refractivity contribution in [3.8, 4) is 0 Å². The van der Waals surface area contributed by atoms with Crippen molar-refractivity contribution in [1.82, 2.24) is 0 Å². The van der Waals surface area contributed by atoms with E-state index in [1.807, 2.05) is 0 Å².